The Hall–Kier alpha value is -1.14. The smallest absolute Gasteiger partial charge is 0.119 e. The summed E-state index contributed by atoms with van der Waals surface area (Å²) in [5, 5.41) is 0. The second-order valence-electron chi connectivity index (χ2n) is 8.98. The van der Waals surface area contributed by atoms with Crippen molar-refractivity contribution in [2.75, 3.05) is 79.6 Å². The predicted molar refractivity (Wildman–Crippen MR) is 122 cm³/mol. The number of hydrogen-bond donors (Lipinski definition) is 0. The predicted octanol–water partition coefficient (Wildman–Crippen LogP) is 3.01. The number of likely N-dealkylation sites (tertiary alicyclic amines) is 2. The summed E-state index contributed by atoms with van der Waals surface area (Å²) in [7, 11) is 4.38. The third-order valence-corrected chi connectivity index (χ3v) is 6.34. The Balaban J connectivity index is 0.000000343. The Morgan fingerprint density at radius 3 is 1.86 bits per heavy atom. The van der Waals surface area contributed by atoms with E-state index in [-0.39, 0.29) is 0 Å². The lowest BCUT2D eigenvalue weighted by molar-refractivity contribution is 0.145. The average molecular weight is 403 g/mol. The van der Waals surface area contributed by atoms with Gasteiger partial charge in [-0.25, -0.2) is 0 Å². The molecule has 5 heteroatoms. The van der Waals surface area contributed by atoms with Crippen LogP contribution in [0.25, 0.3) is 0 Å². The van der Waals surface area contributed by atoms with Gasteiger partial charge in [0.05, 0.1) is 6.61 Å². The zero-order valence-electron chi connectivity index (χ0n) is 18.8. The van der Waals surface area contributed by atoms with E-state index >= 15 is 0 Å². The van der Waals surface area contributed by atoms with E-state index in [4.69, 9.17) is 4.74 Å². The van der Waals surface area contributed by atoms with Crippen LogP contribution in [0.5, 0.6) is 5.75 Å². The second kappa shape index (κ2) is 12.5. The standard InChI is InChI=1S/C19H31N3O.C5H11N/c1-20-12-14-21(15-13-20)11-4-16-23-19-7-5-18(6-8-19)17-22-9-2-3-10-22;1-6-4-2-3-5-6/h5-8H,2-4,9-17H2,1H3;2-5H2,1H3. The molecule has 4 rings (SSSR count). The summed E-state index contributed by atoms with van der Waals surface area (Å²) < 4.78 is 5.89. The summed E-state index contributed by atoms with van der Waals surface area (Å²) in [6, 6.07) is 8.69. The van der Waals surface area contributed by atoms with Gasteiger partial charge in [-0.3, -0.25) is 4.90 Å². The fourth-order valence-corrected chi connectivity index (χ4v) is 4.31. The Morgan fingerprint density at radius 1 is 0.690 bits per heavy atom. The molecular formula is C24H42N4O. The lowest BCUT2D eigenvalue weighted by Crippen LogP contribution is -2.44. The SMILES string of the molecule is CN1CCCC1.CN1CCN(CCCOc2ccc(CN3CCCC3)cc2)CC1. The highest BCUT2D eigenvalue weighted by atomic mass is 16.5. The van der Waals surface area contributed by atoms with Crippen molar-refractivity contribution in [3.8, 4) is 5.75 Å². The topological polar surface area (TPSA) is 22.2 Å². The van der Waals surface area contributed by atoms with Gasteiger partial charge in [0.25, 0.3) is 0 Å². The summed E-state index contributed by atoms with van der Waals surface area (Å²) in [6.07, 6.45) is 6.65. The van der Waals surface area contributed by atoms with E-state index in [0.717, 1.165) is 31.9 Å². The molecule has 0 aromatic heterocycles. The van der Waals surface area contributed by atoms with Gasteiger partial charge in [-0.05, 0) is 90.1 Å². The molecule has 0 saturated carbocycles. The monoisotopic (exact) mass is 402 g/mol. The summed E-state index contributed by atoms with van der Waals surface area (Å²) in [4.78, 5) is 9.84. The van der Waals surface area contributed by atoms with Crippen molar-refractivity contribution in [2.45, 2.75) is 38.6 Å². The van der Waals surface area contributed by atoms with Crippen LogP contribution in [0.2, 0.25) is 0 Å². The zero-order chi connectivity index (χ0) is 20.3. The minimum atomic E-state index is 0.817. The van der Waals surface area contributed by atoms with Crippen molar-refractivity contribution in [1.82, 2.24) is 19.6 Å². The first kappa shape index (κ1) is 22.5. The Kier molecular flexibility index (Phi) is 9.74. The molecule has 0 spiro atoms. The molecule has 3 saturated heterocycles. The van der Waals surface area contributed by atoms with Crippen LogP contribution in [0.1, 0.15) is 37.7 Å². The summed E-state index contributed by atoms with van der Waals surface area (Å²) in [5.74, 6) is 1.01. The molecule has 0 aliphatic carbocycles. The van der Waals surface area contributed by atoms with Gasteiger partial charge in [-0.2, -0.15) is 0 Å². The minimum absolute atomic E-state index is 0.817. The van der Waals surface area contributed by atoms with E-state index in [2.05, 4.69) is 58.0 Å². The maximum Gasteiger partial charge on any atom is 0.119 e. The van der Waals surface area contributed by atoms with Gasteiger partial charge in [-0.1, -0.05) is 12.1 Å². The van der Waals surface area contributed by atoms with Gasteiger partial charge in [0.2, 0.25) is 0 Å². The van der Waals surface area contributed by atoms with Crippen LogP contribution in [0.3, 0.4) is 0 Å². The summed E-state index contributed by atoms with van der Waals surface area (Å²) in [6.45, 7) is 13.0. The van der Waals surface area contributed by atoms with E-state index in [1.807, 2.05) is 0 Å². The molecule has 1 aromatic carbocycles. The quantitative estimate of drug-likeness (QED) is 0.652. The molecule has 0 bridgehead atoms. The highest BCUT2D eigenvalue weighted by Crippen LogP contribution is 2.16. The lowest BCUT2D eigenvalue weighted by Gasteiger charge is -2.32. The second-order valence-corrected chi connectivity index (χ2v) is 8.98. The van der Waals surface area contributed by atoms with Crippen LogP contribution in [0.4, 0.5) is 0 Å². The molecule has 3 fully saturated rings. The number of nitrogens with zero attached hydrogens (tertiary/aromatic N) is 4. The van der Waals surface area contributed by atoms with Crippen molar-refractivity contribution in [3.05, 3.63) is 29.8 Å². The molecule has 164 valence electrons. The first-order valence-corrected chi connectivity index (χ1v) is 11.7. The molecule has 5 nitrogen and oxygen atoms in total. The van der Waals surface area contributed by atoms with Gasteiger partial charge in [0.15, 0.2) is 0 Å². The molecule has 3 heterocycles. The van der Waals surface area contributed by atoms with Gasteiger partial charge in [-0.15, -0.1) is 0 Å². The molecule has 29 heavy (non-hydrogen) atoms. The van der Waals surface area contributed by atoms with Gasteiger partial charge >= 0.3 is 0 Å². The summed E-state index contributed by atoms with van der Waals surface area (Å²) >= 11 is 0. The van der Waals surface area contributed by atoms with E-state index in [9.17, 15) is 0 Å². The van der Waals surface area contributed by atoms with Crippen molar-refractivity contribution in [2.24, 2.45) is 0 Å². The van der Waals surface area contributed by atoms with Crippen molar-refractivity contribution >= 4 is 0 Å². The van der Waals surface area contributed by atoms with Crippen LogP contribution < -0.4 is 4.74 Å². The molecule has 0 amide bonds. The van der Waals surface area contributed by atoms with E-state index in [0.29, 0.717) is 0 Å². The van der Waals surface area contributed by atoms with Crippen LogP contribution in [-0.4, -0.2) is 99.2 Å². The van der Waals surface area contributed by atoms with Crippen molar-refractivity contribution in [1.29, 1.82) is 0 Å². The maximum atomic E-state index is 5.89. The Bertz CT molecular complexity index is 545. The third-order valence-electron chi connectivity index (χ3n) is 6.34. The third kappa shape index (κ3) is 8.63. The molecule has 0 unspecified atom stereocenters. The Morgan fingerprint density at radius 2 is 1.28 bits per heavy atom. The number of likely N-dealkylation sites (N-methyl/N-ethyl adjacent to an activating group) is 1. The molecule has 3 aliphatic rings. The number of piperazine rings is 1. The molecule has 3 aliphatic heterocycles. The number of ether oxygens (including phenoxy) is 1. The minimum Gasteiger partial charge on any atom is -0.494 e. The number of benzene rings is 1. The van der Waals surface area contributed by atoms with Crippen LogP contribution in [0, 0.1) is 0 Å². The zero-order valence-corrected chi connectivity index (χ0v) is 18.8. The Labute approximate surface area is 178 Å². The number of hydrogen-bond acceptors (Lipinski definition) is 5. The van der Waals surface area contributed by atoms with Gasteiger partial charge < -0.3 is 19.4 Å². The van der Waals surface area contributed by atoms with Crippen molar-refractivity contribution < 1.29 is 4.74 Å². The van der Waals surface area contributed by atoms with Crippen molar-refractivity contribution in [3.63, 3.8) is 0 Å². The first-order chi connectivity index (χ1) is 14.2. The average Bonchev–Trinajstić information content (AvgIpc) is 3.42. The molecule has 0 N–H and O–H groups in total. The van der Waals surface area contributed by atoms with Crippen LogP contribution in [0.15, 0.2) is 24.3 Å². The van der Waals surface area contributed by atoms with Gasteiger partial charge in [0, 0.05) is 39.3 Å². The molecule has 1 aromatic rings. The fraction of sp³-hybridized carbons (Fsp3) is 0.750. The van der Waals surface area contributed by atoms with Crippen LogP contribution in [-0.2, 0) is 6.54 Å². The molecule has 0 radical (unpaired) electrons. The van der Waals surface area contributed by atoms with Gasteiger partial charge in [0.1, 0.15) is 5.75 Å². The van der Waals surface area contributed by atoms with Crippen LogP contribution >= 0.6 is 0 Å². The lowest BCUT2D eigenvalue weighted by atomic mass is 10.2. The highest BCUT2D eigenvalue weighted by molar-refractivity contribution is 5.27. The molecule has 0 atom stereocenters. The van der Waals surface area contributed by atoms with E-state index in [1.54, 1.807) is 0 Å². The van der Waals surface area contributed by atoms with E-state index < -0.39 is 0 Å². The first-order valence-electron chi connectivity index (χ1n) is 11.7. The summed E-state index contributed by atoms with van der Waals surface area (Å²) in [5.41, 5.74) is 1.40. The fourth-order valence-electron chi connectivity index (χ4n) is 4.31. The normalized spacial score (nSPS) is 21.9. The largest absolute Gasteiger partial charge is 0.494 e. The van der Waals surface area contributed by atoms with E-state index in [1.165, 1.54) is 83.6 Å². The highest BCUT2D eigenvalue weighted by Gasteiger charge is 2.13. The molecular weight excluding hydrogens is 360 g/mol. The number of rotatable bonds is 7. The maximum absolute atomic E-state index is 5.89.